The summed E-state index contributed by atoms with van der Waals surface area (Å²) in [6.07, 6.45) is 5.21. The number of rotatable bonds is 3. The van der Waals surface area contributed by atoms with Crippen molar-refractivity contribution in [3.8, 4) is 11.5 Å². The molecule has 1 aliphatic carbocycles. The molecule has 2 aromatic rings. The second kappa shape index (κ2) is 6.90. The Balaban J connectivity index is 1.61. The van der Waals surface area contributed by atoms with E-state index in [2.05, 4.69) is 57.2 Å². The van der Waals surface area contributed by atoms with Gasteiger partial charge in [-0.05, 0) is 23.6 Å². The molecule has 5 heteroatoms. The third kappa shape index (κ3) is 2.79. The lowest BCUT2D eigenvalue weighted by atomic mass is 9.69. The Morgan fingerprint density at radius 1 is 1.32 bits per heavy atom. The second-order valence-electron chi connectivity index (χ2n) is 8.00. The van der Waals surface area contributed by atoms with E-state index in [4.69, 9.17) is 9.47 Å². The highest BCUT2D eigenvalue weighted by Gasteiger charge is 2.53. The molecule has 0 saturated carbocycles. The Hall–Kier alpha value is -1.82. The molecule has 2 heterocycles. The van der Waals surface area contributed by atoms with Crippen LogP contribution in [0.3, 0.4) is 0 Å². The molecule has 1 spiro atoms. The number of nitrogens with zero attached hydrogens (tertiary/aromatic N) is 1. The van der Waals surface area contributed by atoms with Gasteiger partial charge in [0.2, 0.25) is 0 Å². The van der Waals surface area contributed by atoms with E-state index >= 15 is 0 Å². The van der Waals surface area contributed by atoms with Gasteiger partial charge in [-0.25, -0.2) is 0 Å². The Bertz CT molecular complexity index is 929. The molecule has 146 valence electrons. The van der Waals surface area contributed by atoms with Gasteiger partial charge in [-0.1, -0.05) is 58.4 Å². The maximum Gasteiger partial charge on any atom is 0.166 e. The quantitative estimate of drug-likeness (QED) is 0.725. The van der Waals surface area contributed by atoms with Crippen molar-refractivity contribution in [2.45, 2.75) is 43.6 Å². The van der Waals surface area contributed by atoms with Crippen molar-refractivity contribution in [1.82, 2.24) is 4.90 Å². The predicted octanol–water partition coefficient (Wildman–Crippen LogP) is 4.18. The van der Waals surface area contributed by atoms with Crippen LogP contribution >= 0.6 is 15.9 Å². The van der Waals surface area contributed by atoms with Crippen molar-refractivity contribution < 1.29 is 14.6 Å². The van der Waals surface area contributed by atoms with Crippen molar-refractivity contribution in [3.63, 3.8) is 0 Å². The molecular weight excluding hydrogens is 418 g/mol. The van der Waals surface area contributed by atoms with Gasteiger partial charge in [0.05, 0.1) is 18.6 Å². The number of hydrogen-bond acceptors (Lipinski definition) is 4. The fourth-order valence-corrected chi connectivity index (χ4v) is 5.52. The lowest BCUT2D eigenvalue weighted by Crippen LogP contribution is -2.43. The summed E-state index contributed by atoms with van der Waals surface area (Å²) in [5, 5.41) is 10.2. The fourth-order valence-electron chi connectivity index (χ4n) is 4.99. The van der Waals surface area contributed by atoms with Crippen molar-refractivity contribution in [2.24, 2.45) is 0 Å². The zero-order valence-corrected chi connectivity index (χ0v) is 17.5. The molecule has 3 atom stereocenters. The molecule has 0 bridgehead atoms. The first-order valence-electron chi connectivity index (χ1n) is 9.81. The summed E-state index contributed by atoms with van der Waals surface area (Å²) >= 11 is 3.80. The third-order valence-corrected chi connectivity index (χ3v) is 7.07. The van der Waals surface area contributed by atoms with Gasteiger partial charge >= 0.3 is 0 Å². The first-order valence-corrected chi connectivity index (χ1v) is 10.6. The summed E-state index contributed by atoms with van der Waals surface area (Å²) in [6, 6.07) is 12.6. The summed E-state index contributed by atoms with van der Waals surface area (Å²) in [7, 11) is 1.69. The van der Waals surface area contributed by atoms with Crippen molar-refractivity contribution >= 4 is 15.9 Å². The van der Waals surface area contributed by atoms with Gasteiger partial charge in [-0.2, -0.15) is 0 Å². The Morgan fingerprint density at radius 2 is 2.14 bits per heavy atom. The topological polar surface area (TPSA) is 41.9 Å². The molecular formula is C23H24BrNO3. The maximum absolute atomic E-state index is 10.2. The minimum absolute atomic E-state index is 0.0545. The zero-order chi connectivity index (χ0) is 19.3. The molecule has 1 N–H and O–H groups in total. The molecule has 0 radical (unpaired) electrons. The minimum Gasteiger partial charge on any atom is -0.493 e. The number of halogens is 1. The lowest BCUT2D eigenvalue weighted by molar-refractivity contribution is 0.0806. The van der Waals surface area contributed by atoms with Crippen LogP contribution in [-0.4, -0.2) is 35.9 Å². The maximum atomic E-state index is 10.2. The highest BCUT2D eigenvalue weighted by atomic mass is 79.9. The van der Waals surface area contributed by atoms with Gasteiger partial charge in [0.25, 0.3) is 0 Å². The number of hydrogen-bond donors (Lipinski definition) is 1. The van der Waals surface area contributed by atoms with E-state index in [0.29, 0.717) is 6.42 Å². The average molecular weight is 442 g/mol. The van der Waals surface area contributed by atoms with Crippen LogP contribution in [0.2, 0.25) is 0 Å². The summed E-state index contributed by atoms with van der Waals surface area (Å²) in [5.41, 5.74) is 3.63. The summed E-state index contributed by atoms with van der Waals surface area (Å²) in [4.78, 5) is 2.51. The second-order valence-corrected chi connectivity index (χ2v) is 8.85. The summed E-state index contributed by atoms with van der Waals surface area (Å²) < 4.78 is 13.1. The predicted molar refractivity (Wildman–Crippen MR) is 112 cm³/mol. The van der Waals surface area contributed by atoms with Crippen molar-refractivity contribution in [1.29, 1.82) is 0 Å². The van der Waals surface area contributed by atoms with Crippen LogP contribution in [0.1, 0.15) is 29.5 Å². The van der Waals surface area contributed by atoms with Gasteiger partial charge in [0, 0.05) is 36.1 Å². The van der Waals surface area contributed by atoms with Crippen molar-refractivity contribution in [2.75, 3.05) is 13.7 Å². The van der Waals surface area contributed by atoms with Crippen LogP contribution in [0, 0.1) is 0 Å². The van der Waals surface area contributed by atoms with Crippen LogP contribution in [0.15, 0.2) is 53.0 Å². The van der Waals surface area contributed by atoms with Crippen molar-refractivity contribution in [3.05, 3.63) is 69.7 Å². The standard InChI is InChI=1S/C23H24BrNO3/c1-27-19-12-18(24)17-14-25(13-15-5-3-2-4-6-15)10-9-23-8-7-16(26)11-20(23)28-22(19)21(17)23/h2-8,12,16,20,26H,9-11,13-14H2,1H3/t16-,20?,23?/m0/s1. The number of ether oxygens (including phenoxy) is 2. The van der Waals surface area contributed by atoms with Crippen LogP contribution in [-0.2, 0) is 18.5 Å². The number of aliphatic hydroxyl groups is 1. The average Bonchev–Trinajstić information content (AvgIpc) is 2.93. The van der Waals surface area contributed by atoms with Gasteiger partial charge < -0.3 is 14.6 Å². The van der Waals surface area contributed by atoms with Gasteiger partial charge in [-0.15, -0.1) is 0 Å². The molecule has 2 aromatic carbocycles. The third-order valence-electron chi connectivity index (χ3n) is 6.36. The van der Waals surface area contributed by atoms with E-state index < -0.39 is 6.10 Å². The summed E-state index contributed by atoms with van der Waals surface area (Å²) in [5.74, 6) is 1.62. The number of benzene rings is 2. The normalized spacial score (nSPS) is 28.2. The molecule has 0 aromatic heterocycles. The van der Waals surface area contributed by atoms with E-state index in [1.165, 1.54) is 16.7 Å². The van der Waals surface area contributed by atoms with Crippen LogP contribution < -0.4 is 9.47 Å². The van der Waals surface area contributed by atoms with E-state index in [0.717, 1.165) is 42.0 Å². The molecule has 2 unspecified atom stereocenters. The molecule has 2 aliphatic heterocycles. The highest BCUT2D eigenvalue weighted by molar-refractivity contribution is 9.10. The minimum atomic E-state index is -0.452. The molecule has 5 rings (SSSR count). The largest absolute Gasteiger partial charge is 0.493 e. The van der Waals surface area contributed by atoms with E-state index in [-0.39, 0.29) is 11.5 Å². The van der Waals surface area contributed by atoms with Crippen LogP contribution in [0.25, 0.3) is 0 Å². The molecule has 0 fully saturated rings. The zero-order valence-electron chi connectivity index (χ0n) is 15.9. The first kappa shape index (κ1) is 18.2. The lowest BCUT2D eigenvalue weighted by Gasteiger charge is -2.36. The SMILES string of the molecule is COc1cc(Br)c2c3c1OC1C[C@@H](O)C=CC31CCN(Cc1ccccc1)C2. The van der Waals surface area contributed by atoms with E-state index in [1.807, 2.05) is 12.1 Å². The van der Waals surface area contributed by atoms with Gasteiger partial charge in [0.15, 0.2) is 11.5 Å². The highest BCUT2D eigenvalue weighted by Crippen LogP contribution is 2.57. The summed E-state index contributed by atoms with van der Waals surface area (Å²) in [6.45, 7) is 2.75. The van der Waals surface area contributed by atoms with Gasteiger partial charge in [-0.3, -0.25) is 4.90 Å². The molecule has 3 aliphatic rings. The molecule has 4 nitrogen and oxygen atoms in total. The Kier molecular flexibility index (Phi) is 4.49. The molecule has 0 amide bonds. The smallest absolute Gasteiger partial charge is 0.166 e. The Labute approximate surface area is 173 Å². The first-order chi connectivity index (χ1) is 13.6. The fraction of sp³-hybridized carbons (Fsp3) is 0.391. The van der Waals surface area contributed by atoms with E-state index in [1.54, 1.807) is 7.11 Å². The van der Waals surface area contributed by atoms with Gasteiger partial charge in [0.1, 0.15) is 6.10 Å². The monoisotopic (exact) mass is 441 g/mol. The van der Waals surface area contributed by atoms with E-state index in [9.17, 15) is 5.11 Å². The van der Waals surface area contributed by atoms with Crippen LogP contribution in [0.5, 0.6) is 11.5 Å². The number of methoxy groups -OCH3 is 1. The molecule has 28 heavy (non-hydrogen) atoms. The van der Waals surface area contributed by atoms with Crippen LogP contribution in [0.4, 0.5) is 0 Å². The Morgan fingerprint density at radius 3 is 2.93 bits per heavy atom. The number of aliphatic hydroxyl groups excluding tert-OH is 1. The molecule has 0 saturated heterocycles.